The molecule has 1 atom stereocenters. The quantitative estimate of drug-likeness (QED) is 0.538. The SMILES string of the molecule is COc1ccc(-c2[nH]nc3c2[C@@H](c2ccc(OC)c(OC)c2)C2=C(CC(C)(C)CC2=O)N3)cc1. The number of nitrogens with one attached hydrogen (secondary N) is 2. The van der Waals surface area contributed by atoms with Gasteiger partial charge in [-0.3, -0.25) is 9.89 Å². The Balaban J connectivity index is 1.72. The van der Waals surface area contributed by atoms with Gasteiger partial charge in [0.2, 0.25) is 0 Å². The van der Waals surface area contributed by atoms with Crippen molar-refractivity contribution in [3.8, 4) is 28.5 Å². The van der Waals surface area contributed by atoms with Gasteiger partial charge < -0.3 is 19.5 Å². The number of aromatic amines is 1. The lowest BCUT2D eigenvalue weighted by atomic mass is 9.69. The number of ether oxygens (including phenoxy) is 3. The predicted molar refractivity (Wildman–Crippen MR) is 131 cm³/mol. The number of allylic oxidation sites excluding steroid dienone is 2. The van der Waals surface area contributed by atoms with E-state index in [1.807, 2.05) is 42.5 Å². The van der Waals surface area contributed by atoms with E-state index in [4.69, 9.17) is 14.2 Å². The number of carbonyl (C=O) groups is 1. The summed E-state index contributed by atoms with van der Waals surface area (Å²) in [5.41, 5.74) is 5.37. The molecule has 0 saturated heterocycles. The molecule has 7 heteroatoms. The standard InChI is InChI=1S/C27H29N3O4/c1-27(2)13-18-23(19(31)14-27)22(16-8-11-20(33-4)21(12-16)34-5)24-25(29-30-26(24)28-18)15-6-9-17(32-3)10-7-15/h6-12,22H,13-14H2,1-5H3,(H2,28,29,30)/t22-/m0/s1. The zero-order valence-electron chi connectivity index (χ0n) is 20.1. The van der Waals surface area contributed by atoms with Gasteiger partial charge in [-0.05, 0) is 53.8 Å². The van der Waals surface area contributed by atoms with Crippen molar-refractivity contribution in [3.63, 3.8) is 0 Å². The number of rotatable bonds is 5. The third-order valence-corrected chi connectivity index (χ3v) is 6.69. The number of benzene rings is 2. The van der Waals surface area contributed by atoms with Gasteiger partial charge in [-0.25, -0.2) is 0 Å². The van der Waals surface area contributed by atoms with E-state index >= 15 is 0 Å². The van der Waals surface area contributed by atoms with E-state index in [1.54, 1.807) is 21.3 Å². The van der Waals surface area contributed by atoms with Crippen molar-refractivity contribution in [2.45, 2.75) is 32.6 Å². The van der Waals surface area contributed by atoms with Gasteiger partial charge in [-0.1, -0.05) is 19.9 Å². The molecular weight excluding hydrogens is 430 g/mol. The van der Waals surface area contributed by atoms with Gasteiger partial charge in [0.1, 0.15) is 5.75 Å². The van der Waals surface area contributed by atoms with E-state index in [9.17, 15) is 4.79 Å². The molecule has 2 aliphatic rings. The maximum absolute atomic E-state index is 13.6. The summed E-state index contributed by atoms with van der Waals surface area (Å²) in [5.74, 6) is 2.67. The maximum atomic E-state index is 13.6. The molecule has 7 nitrogen and oxygen atoms in total. The number of anilines is 1. The van der Waals surface area contributed by atoms with Crippen molar-refractivity contribution < 1.29 is 19.0 Å². The van der Waals surface area contributed by atoms with Crippen LogP contribution in [0.3, 0.4) is 0 Å². The van der Waals surface area contributed by atoms with Gasteiger partial charge in [-0.2, -0.15) is 5.10 Å². The van der Waals surface area contributed by atoms with E-state index < -0.39 is 0 Å². The number of fused-ring (bicyclic) bond motifs is 1. The van der Waals surface area contributed by atoms with Crippen LogP contribution in [0.25, 0.3) is 11.3 Å². The Hall–Kier alpha value is -3.74. The smallest absolute Gasteiger partial charge is 0.162 e. The first-order chi connectivity index (χ1) is 16.3. The van der Waals surface area contributed by atoms with Gasteiger partial charge in [0.15, 0.2) is 23.1 Å². The molecule has 0 fully saturated rings. The van der Waals surface area contributed by atoms with Gasteiger partial charge in [0.05, 0.1) is 27.0 Å². The lowest BCUT2D eigenvalue weighted by Gasteiger charge is -2.38. The fourth-order valence-corrected chi connectivity index (χ4v) is 5.14. The van der Waals surface area contributed by atoms with Gasteiger partial charge in [0, 0.05) is 34.7 Å². The molecule has 1 aliphatic carbocycles. The number of nitrogens with zero attached hydrogens (tertiary/aromatic N) is 1. The van der Waals surface area contributed by atoms with Crippen molar-refractivity contribution in [2.75, 3.05) is 26.6 Å². The Bertz CT molecular complexity index is 1290. The molecule has 1 aromatic heterocycles. The molecule has 0 amide bonds. The number of carbonyl (C=O) groups excluding carboxylic acids is 1. The third-order valence-electron chi connectivity index (χ3n) is 6.69. The zero-order chi connectivity index (χ0) is 24.0. The third kappa shape index (κ3) is 3.61. The highest BCUT2D eigenvalue weighted by molar-refractivity contribution is 6.02. The van der Waals surface area contributed by atoms with Crippen LogP contribution >= 0.6 is 0 Å². The molecule has 0 saturated carbocycles. The van der Waals surface area contributed by atoms with E-state index in [0.29, 0.717) is 17.9 Å². The molecule has 0 unspecified atom stereocenters. The minimum absolute atomic E-state index is 0.113. The molecule has 0 radical (unpaired) electrons. The number of Topliss-reactive ketones (excluding diaryl/α,β-unsaturated/α-hetero) is 1. The van der Waals surface area contributed by atoms with E-state index in [-0.39, 0.29) is 17.1 Å². The Kier molecular flexibility index (Phi) is 5.35. The highest BCUT2D eigenvalue weighted by Gasteiger charge is 2.43. The lowest BCUT2D eigenvalue weighted by Crippen LogP contribution is -2.33. The van der Waals surface area contributed by atoms with E-state index in [2.05, 4.69) is 29.4 Å². The Morgan fingerprint density at radius 2 is 1.68 bits per heavy atom. The first kappa shape index (κ1) is 22.1. The Labute approximate surface area is 199 Å². The van der Waals surface area contributed by atoms with Crippen molar-refractivity contribution in [1.82, 2.24) is 10.2 Å². The minimum atomic E-state index is -0.287. The molecule has 1 aliphatic heterocycles. The number of hydrogen-bond acceptors (Lipinski definition) is 6. The van der Waals surface area contributed by atoms with Crippen LogP contribution < -0.4 is 19.5 Å². The fourth-order valence-electron chi connectivity index (χ4n) is 5.14. The molecule has 0 spiro atoms. The van der Waals surface area contributed by atoms with Gasteiger partial charge in [-0.15, -0.1) is 0 Å². The van der Waals surface area contributed by atoms with Crippen LogP contribution in [0.4, 0.5) is 5.82 Å². The summed E-state index contributed by atoms with van der Waals surface area (Å²) in [5, 5.41) is 11.3. The highest BCUT2D eigenvalue weighted by Crippen LogP contribution is 2.51. The fraction of sp³-hybridized carbons (Fsp3) is 0.333. The molecule has 176 valence electrons. The summed E-state index contributed by atoms with van der Waals surface area (Å²) >= 11 is 0. The summed E-state index contributed by atoms with van der Waals surface area (Å²) in [6.07, 6.45) is 1.28. The minimum Gasteiger partial charge on any atom is -0.497 e. The average molecular weight is 460 g/mol. The second kappa shape index (κ2) is 8.24. The first-order valence-corrected chi connectivity index (χ1v) is 11.3. The van der Waals surface area contributed by atoms with Crippen molar-refractivity contribution in [2.24, 2.45) is 5.41 Å². The summed E-state index contributed by atoms with van der Waals surface area (Å²) < 4.78 is 16.4. The van der Waals surface area contributed by atoms with Gasteiger partial charge >= 0.3 is 0 Å². The monoisotopic (exact) mass is 459 g/mol. The lowest BCUT2D eigenvalue weighted by molar-refractivity contribution is -0.118. The Morgan fingerprint density at radius 3 is 2.35 bits per heavy atom. The second-order valence-electron chi connectivity index (χ2n) is 9.59. The second-order valence-corrected chi connectivity index (χ2v) is 9.59. The van der Waals surface area contributed by atoms with Crippen LogP contribution in [-0.2, 0) is 4.79 Å². The van der Waals surface area contributed by atoms with Crippen LogP contribution in [0.15, 0.2) is 53.7 Å². The highest BCUT2D eigenvalue weighted by atomic mass is 16.5. The molecule has 5 rings (SSSR count). The number of hydrogen-bond donors (Lipinski definition) is 2. The van der Waals surface area contributed by atoms with Crippen LogP contribution in [-0.4, -0.2) is 37.3 Å². The number of H-pyrrole nitrogens is 1. The Morgan fingerprint density at radius 1 is 0.941 bits per heavy atom. The molecule has 2 N–H and O–H groups in total. The van der Waals surface area contributed by atoms with Gasteiger partial charge in [0.25, 0.3) is 0 Å². The van der Waals surface area contributed by atoms with Crippen LogP contribution in [0.1, 0.15) is 43.7 Å². The number of methoxy groups -OCH3 is 3. The molecule has 3 aromatic rings. The molecule has 34 heavy (non-hydrogen) atoms. The first-order valence-electron chi connectivity index (χ1n) is 11.3. The average Bonchev–Trinajstić information content (AvgIpc) is 3.25. The normalized spacial score (nSPS) is 18.6. The van der Waals surface area contributed by atoms with Crippen molar-refractivity contribution in [3.05, 3.63) is 64.9 Å². The maximum Gasteiger partial charge on any atom is 0.162 e. The van der Waals surface area contributed by atoms with Crippen LogP contribution in [0.5, 0.6) is 17.2 Å². The summed E-state index contributed by atoms with van der Waals surface area (Å²) in [6.45, 7) is 4.26. The molecule has 2 heterocycles. The summed E-state index contributed by atoms with van der Waals surface area (Å²) in [6, 6.07) is 13.7. The molecule has 2 aromatic carbocycles. The van der Waals surface area contributed by atoms with Crippen molar-refractivity contribution >= 4 is 11.6 Å². The van der Waals surface area contributed by atoms with E-state index in [1.165, 1.54) is 0 Å². The molecule has 0 bridgehead atoms. The van der Waals surface area contributed by atoms with Crippen LogP contribution in [0, 0.1) is 5.41 Å². The van der Waals surface area contributed by atoms with Crippen LogP contribution in [0.2, 0.25) is 0 Å². The largest absolute Gasteiger partial charge is 0.497 e. The van der Waals surface area contributed by atoms with Crippen molar-refractivity contribution in [1.29, 1.82) is 0 Å². The van der Waals surface area contributed by atoms with E-state index in [0.717, 1.165) is 51.6 Å². The topological polar surface area (TPSA) is 85.5 Å². The summed E-state index contributed by atoms with van der Waals surface area (Å²) in [4.78, 5) is 13.6. The molecular formula is C27H29N3O4. The summed E-state index contributed by atoms with van der Waals surface area (Å²) in [7, 11) is 4.88. The number of ketones is 1. The zero-order valence-corrected chi connectivity index (χ0v) is 20.1. The predicted octanol–water partition coefficient (Wildman–Crippen LogP) is 5.30. The number of aromatic nitrogens is 2.